The summed E-state index contributed by atoms with van der Waals surface area (Å²) < 4.78 is 1.72. The second kappa shape index (κ2) is 8.65. The van der Waals surface area contributed by atoms with Gasteiger partial charge in [-0.25, -0.2) is 4.68 Å². The molecule has 1 aliphatic heterocycles. The molecule has 146 valence electrons. The van der Waals surface area contributed by atoms with Crippen molar-refractivity contribution in [2.75, 3.05) is 11.9 Å². The van der Waals surface area contributed by atoms with Gasteiger partial charge < -0.3 is 10.6 Å². The molecule has 0 radical (unpaired) electrons. The van der Waals surface area contributed by atoms with Gasteiger partial charge in [0.15, 0.2) is 0 Å². The first-order chi connectivity index (χ1) is 13.7. The second-order valence-corrected chi connectivity index (χ2v) is 8.07. The Morgan fingerprint density at radius 2 is 1.96 bits per heavy atom. The van der Waals surface area contributed by atoms with Crippen molar-refractivity contribution in [3.05, 3.63) is 53.2 Å². The van der Waals surface area contributed by atoms with Crippen LogP contribution in [-0.4, -0.2) is 28.1 Å². The summed E-state index contributed by atoms with van der Waals surface area (Å²) in [4.78, 5) is 24.8. The topological polar surface area (TPSA) is 76.0 Å². The predicted molar refractivity (Wildman–Crippen MR) is 111 cm³/mol. The largest absolute Gasteiger partial charge is 0.348 e. The van der Waals surface area contributed by atoms with Crippen LogP contribution in [0.1, 0.15) is 43.4 Å². The number of aromatic nitrogens is 2. The molecule has 0 fully saturated rings. The van der Waals surface area contributed by atoms with Gasteiger partial charge in [-0.15, -0.1) is 0 Å². The molecule has 1 aromatic heterocycles. The fraction of sp³-hybridized carbons (Fsp3) is 0.381. The molecule has 6 nitrogen and oxygen atoms in total. The highest BCUT2D eigenvalue weighted by Gasteiger charge is 2.26. The van der Waals surface area contributed by atoms with E-state index < -0.39 is 11.8 Å². The summed E-state index contributed by atoms with van der Waals surface area (Å²) in [5.41, 5.74) is 4.21. The van der Waals surface area contributed by atoms with Crippen LogP contribution in [0.4, 0.5) is 5.82 Å². The zero-order valence-corrected chi connectivity index (χ0v) is 16.6. The Balaban J connectivity index is 1.42. The molecule has 2 aliphatic rings. The molecule has 4 rings (SSSR count). The molecule has 28 heavy (non-hydrogen) atoms. The van der Waals surface area contributed by atoms with E-state index in [4.69, 9.17) is 0 Å². The summed E-state index contributed by atoms with van der Waals surface area (Å²) >= 11 is 1.76. The van der Waals surface area contributed by atoms with Crippen molar-refractivity contribution in [2.24, 2.45) is 0 Å². The van der Waals surface area contributed by atoms with Gasteiger partial charge >= 0.3 is 11.8 Å². The fourth-order valence-electron chi connectivity index (χ4n) is 3.61. The van der Waals surface area contributed by atoms with Crippen molar-refractivity contribution in [3.8, 4) is 5.69 Å². The maximum Gasteiger partial charge on any atom is 0.314 e. The first-order valence-corrected chi connectivity index (χ1v) is 10.9. The van der Waals surface area contributed by atoms with Gasteiger partial charge in [-0.1, -0.05) is 29.8 Å². The number of anilines is 1. The highest BCUT2D eigenvalue weighted by molar-refractivity contribution is 7.98. The zero-order valence-electron chi connectivity index (χ0n) is 15.7. The van der Waals surface area contributed by atoms with Gasteiger partial charge in [0, 0.05) is 23.6 Å². The Kier molecular flexibility index (Phi) is 5.81. The number of allylic oxidation sites excluding steroid dienone is 1. The summed E-state index contributed by atoms with van der Waals surface area (Å²) in [5, 5.41) is 10.2. The molecule has 2 amide bonds. The van der Waals surface area contributed by atoms with Crippen LogP contribution in [0, 0.1) is 0 Å². The summed E-state index contributed by atoms with van der Waals surface area (Å²) in [6.45, 7) is 0.490. The number of fused-ring (bicyclic) bond motifs is 1. The normalized spacial score (nSPS) is 15.6. The number of hydrogen-bond donors (Lipinski definition) is 2. The van der Waals surface area contributed by atoms with Crippen LogP contribution in [0.2, 0.25) is 0 Å². The molecule has 2 N–H and O–H groups in total. The van der Waals surface area contributed by atoms with E-state index in [1.165, 1.54) is 18.4 Å². The van der Waals surface area contributed by atoms with Crippen LogP contribution in [0.5, 0.6) is 0 Å². The lowest BCUT2D eigenvalue weighted by Crippen LogP contribution is -2.36. The summed E-state index contributed by atoms with van der Waals surface area (Å²) in [6.07, 6.45) is 7.75. The van der Waals surface area contributed by atoms with Crippen molar-refractivity contribution in [3.63, 3.8) is 0 Å². The zero-order chi connectivity index (χ0) is 19.3. The van der Waals surface area contributed by atoms with Gasteiger partial charge in [0.2, 0.25) is 0 Å². The van der Waals surface area contributed by atoms with Crippen molar-refractivity contribution < 1.29 is 9.59 Å². The number of amides is 2. The Morgan fingerprint density at radius 1 is 1.11 bits per heavy atom. The quantitative estimate of drug-likeness (QED) is 0.598. The third-order valence-electron chi connectivity index (χ3n) is 5.11. The molecule has 0 saturated heterocycles. The molecule has 0 spiro atoms. The molecule has 1 aliphatic carbocycles. The number of benzene rings is 1. The van der Waals surface area contributed by atoms with E-state index in [1.54, 1.807) is 16.4 Å². The summed E-state index contributed by atoms with van der Waals surface area (Å²) in [7, 11) is 0. The van der Waals surface area contributed by atoms with E-state index >= 15 is 0 Å². The van der Waals surface area contributed by atoms with Gasteiger partial charge in [0.05, 0.1) is 11.4 Å². The maximum atomic E-state index is 12.5. The Morgan fingerprint density at radius 3 is 2.75 bits per heavy atom. The number of nitrogens with zero attached hydrogens (tertiary/aromatic N) is 2. The van der Waals surface area contributed by atoms with E-state index in [9.17, 15) is 9.59 Å². The smallest absolute Gasteiger partial charge is 0.314 e. The number of carbonyl (C=O) groups excluding carboxylic acids is 2. The number of rotatable bonds is 5. The number of para-hydroxylation sites is 1. The molecular formula is C21H24N4O2S. The minimum Gasteiger partial charge on any atom is -0.348 e. The molecule has 7 heteroatoms. The van der Waals surface area contributed by atoms with Crippen molar-refractivity contribution >= 4 is 29.4 Å². The fourth-order valence-corrected chi connectivity index (χ4v) is 4.65. The number of thioether (sulfide) groups is 1. The van der Waals surface area contributed by atoms with Crippen molar-refractivity contribution in [1.29, 1.82) is 0 Å². The Labute approximate surface area is 168 Å². The molecule has 2 heterocycles. The van der Waals surface area contributed by atoms with Gasteiger partial charge in [0.25, 0.3) is 0 Å². The molecule has 0 saturated carbocycles. The third kappa shape index (κ3) is 4.14. The van der Waals surface area contributed by atoms with Crippen LogP contribution in [0.25, 0.3) is 5.69 Å². The molecule has 0 unspecified atom stereocenters. The van der Waals surface area contributed by atoms with Gasteiger partial charge in [-0.3, -0.25) is 9.59 Å². The molecule has 1 aromatic carbocycles. The summed E-state index contributed by atoms with van der Waals surface area (Å²) in [5.74, 6) is 0.958. The number of hydrogen-bond acceptors (Lipinski definition) is 4. The van der Waals surface area contributed by atoms with Gasteiger partial charge in [-0.2, -0.15) is 16.9 Å². The van der Waals surface area contributed by atoms with Crippen LogP contribution in [0.15, 0.2) is 42.0 Å². The van der Waals surface area contributed by atoms with Crippen LogP contribution >= 0.6 is 11.8 Å². The molecular weight excluding hydrogens is 372 g/mol. The lowest BCUT2D eigenvalue weighted by Gasteiger charge is -2.13. The number of carbonyl (C=O) groups is 2. The highest BCUT2D eigenvalue weighted by Crippen LogP contribution is 2.36. The third-order valence-corrected chi connectivity index (χ3v) is 6.08. The molecule has 0 atom stereocenters. The second-order valence-electron chi connectivity index (χ2n) is 7.08. The van der Waals surface area contributed by atoms with Crippen molar-refractivity contribution in [2.45, 2.75) is 43.6 Å². The number of nitrogens with one attached hydrogen (secondary N) is 2. The Bertz CT molecular complexity index is 905. The lowest BCUT2D eigenvalue weighted by molar-refractivity contribution is -0.136. The van der Waals surface area contributed by atoms with E-state index in [1.807, 2.05) is 30.3 Å². The lowest BCUT2D eigenvalue weighted by atomic mass is 9.97. The standard InChI is InChI=1S/C21H24N4O2S/c26-20(22-12-11-15-7-3-1-4-8-15)21(27)23-19-17-13-28-14-18(17)24-25(19)16-9-5-2-6-10-16/h2,5-7,9-10H,1,3-4,8,11-14H2,(H,22,26)(H,23,27). The first kappa shape index (κ1) is 18.8. The minimum atomic E-state index is -0.644. The monoisotopic (exact) mass is 396 g/mol. The predicted octanol–water partition coefficient (Wildman–Crippen LogP) is 3.56. The van der Waals surface area contributed by atoms with Gasteiger partial charge in [0.1, 0.15) is 5.82 Å². The highest BCUT2D eigenvalue weighted by atomic mass is 32.2. The Hall–Kier alpha value is -2.54. The average molecular weight is 397 g/mol. The van der Waals surface area contributed by atoms with E-state index in [-0.39, 0.29) is 0 Å². The van der Waals surface area contributed by atoms with E-state index in [0.29, 0.717) is 12.4 Å². The minimum absolute atomic E-state index is 0.490. The molecule has 0 bridgehead atoms. The average Bonchev–Trinajstić information content (AvgIpc) is 3.32. The first-order valence-electron chi connectivity index (χ1n) is 9.73. The van der Waals surface area contributed by atoms with Crippen molar-refractivity contribution in [1.82, 2.24) is 15.1 Å². The van der Waals surface area contributed by atoms with E-state index in [0.717, 1.165) is 47.7 Å². The van der Waals surface area contributed by atoms with Crippen LogP contribution < -0.4 is 10.6 Å². The van der Waals surface area contributed by atoms with Crippen LogP contribution in [0.3, 0.4) is 0 Å². The van der Waals surface area contributed by atoms with E-state index in [2.05, 4.69) is 21.8 Å². The summed E-state index contributed by atoms with van der Waals surface area (Å²) in [6, 6.07) is 9.65. The maximum absolute atomic E-state index is 12.5. The van der Waals surface area contributed by atoms with Crippen LogP contribution in [-0.2, 0) is 21.1 Å². The SMILES string of the molecule is O=C(NCCC1=CCCCC1)C(=O)Nc1c2c(nn1-c1ccccc1)CSC2. The van der Waals surface area contributed by atoms with Gasteiger partial charge in [-0.05, 0) is 44.2 Å². The molecule has 2 aromatic rings.